The summed E-state index contributed by atoms with van der Waals surface area (Å²) < 4.78 is 6.12. The van der Waals surface area contributed by atoms with E-state index in [9.17, 15) is 0 Å². The summed E-state index contributed by atoms with van der Waals surface area (Å²) in [5.74, 6) is 1.06. The number of nitrogens with zero attached hydrogens (tertiary/aromatic N) is 1. The molecule has 0 bridgehead atoms. The summed E-state index contributed by atoms with van der Waals surface area (Å²) in [6.07, 6.45) is 7.74. The maximum atomic E-state index is 6.12. The van der Waals surface area contributed by atoms with Crippen molar-refractivity contribution in [3.05, 3.63) is 48.3 Å². The van der Waals surface area contributed by atoms with E-state index in [4.69, 9.17) is 4.74 Å². The molecule has 1 aliphatic rings. The van der Waals surface area contributed by atoms with Crippen LogP contribution in [0.15, 0.2) is 47.9 Å². The maximum Gasteiger partial charge on any atom is 0.165 e. The van der Waals surface area contributed by atoms with Crippen LogP contribution in [0.1, 0.15) is 30.9 Å². The Hall–Kier alpha value is -1.26. The fourth-order valence-corrected chi connectivity index (χ4v) is 3.31. The number of aromatic nitrogens is 2. The zero-order valence-corrected chi connectivity index (χ0v) is 11.6. The summed E-state index contributed by atoms with van der Waals surface area (Å²) in [6, 6.07) is 10.5. The average Bonchev–Trinajstić information content (AvgIpc) is 3.11. The minimum absolute atomic E-state index is 0.291. The van der Waals surface area contributed by atoms with Crippen molar-refractivity contribution in [1.82, 2.24) is 9.97 Å². The molecular weight excluding hydrogens is 256 g/mol. The van der Waals surface area contributed by atoms with Crippen molar-refractivity contribution in [1.29, 1.82) is 0 Å². The van der Waals surface area contributed by atoms with E-state index < -0.39 is 0 Å². The molecule has 1 aliphatic heterocycles. The minimum atomic E-state index is 0.291. The molecule has 0 aliphatic carbocycles. The number of aromatic amines is 1. The summed E-state index contributed by atoms with van der Waals surface area (Å²) in [7, 11) is 0. The number of benzene rings is 1. The lowest BCUT2D eigenvalue weighted by molar-refractivity contribution is 0.0435. The van der Waals surface area contributed by atoms with Gasteiger partial charge in [0.25, 0.3) is 0 Å². The predicted octanol–water partition coefficient (Wildman–Crippen LogP) is 3.81. The van der Waals surface area contributed by atoms with Gasteiger partial charge in [-0.25, -0.2) is 4.98 Å². The van der Waals surface area contributed by atoms with Gasteiger partial charge < -0.3 is 9.72 Å². The number of thioether (sulfide) groups is 1. The maximum absolute atomic E-state index is 6.12. The highest BCUT2D eigenvalue weighted by Crippen LogP contribution is 2.34. The smallest absolute Gasteiger partial charge is 0.165 e. The van der Waals surface area contributed by atoms with Gasteiger partial charge in [0.05, 0.1) is 12.2 Å². The molecule has 2 heterocycles. The van der Waals surface area contributed by atoms with Crippen molar-refractivity contribution in [2.24, 2.45) is 0 Å². The van der Waals surface area contributed by atoms with Crippen LogP contribution in [0.2, 0.25) is 0 Å². The topological polar surface area (TPSA) is 37.9 Å². The zero-order valence-electron chi connectivity index (χ0n) is 10.8. The van der Waals surface area contributed by atoms with Crippen molar-refractivity contribution < 1.29 is 4.74 Å². The summed E-state index contributed by atoms with van der Waals surface area (Å²) >= 11 is 1.76. The Labute approximate surface area is 117 Å². The number of rotatable bonds is 5. The van der Waals surface area contributed by atoms with Crippen molar-refractivity contribution in [2.45, 2.75) is 36.6 Å². The lowest BCUT2D eigenvalue weighted by Gasteiger charge is -2.13. The molecule has 1 aromatic heterocycles. The van der Waals surface area contributed by atoms with E-state index in [0.29, 0.717) is 12.2 Å². The number of hydrogen-bond acceptors (Lipinski definition) is 3. The van der Waals surface area contributed by atoms with E-state index >= 15 is 0 Å². The molecule has 3 rings (SSSR count). The van der Waals surface area contributed by atoms with Crippen molar-refractivity contribution in [3.8, 4) is 0 Å². The second kappa shape index (κ2) is 6.26. The largest absolute Gasteiger partial charge is 0.370 e. The molecule has 3 nitrogen and oxygen atoms in total. The average molecular weight is 274 g/mol. The first-order valence-corrected chi connectivity index (χ1v) is 7.73. The fourth-order valence-electron chi connectivity index (χ4n) is 2.45. The number of H-pyrrole nitrogens is 1. The Morgan fingerprint density at radius 3 is 2.95 bits per heavy atom. The number of imidazole rings is 1. The van der Waals surface area contributed by atoms with Gasteiger partial charge in [-0.05, 0) is 24.8 Å². The number of hydrogen-bond donors (Lipinski definition) is 1. The Kier molecular flexibility index (Phi) is 4.20. The predicted molar refractivity (Wildman–Crippen MR) is 77.2 cm³/mol. The molecule has 0 saturated carbocycles. The molecule has 0 amide bonds. The normalized spacial score (nSPS) is 22.7. The highest BCUT2D eigenvalue weighted by atomic mass is 32.2. The van der Waals surface area contributed by atoms with Gasteiger partial charge in [0, 0.05) is 18.1 Å². The monoisotopic (exact) mass is 274 g/mol. The van der Waals surface area contributed by atoms with Gasteiger partial charge in [-0.1, -0.05) is 42.1 Å². The Bertz CT molecular complexity index is 486. The van der Waals surface area contributed by atoms with Gasteiger partial charge >= 0.3 is 0 Å². The number of ether oxygens (including phenoxy) is 1. The van der Waals surface area contributed by atoms with E-state index in [0.717, 1.165) is 30.2 Å². The van der Waals surface area contributed by atoms with E-state index in [1.54, 1.807) is 18.0 Å². The van der Waals surface area contributed by atoms with Gasteiger partial charge in [-0.3, -0.25) is 0 Å². The first-order chi connectivity index (χ1) is 9.42. The second-order valence-corrected chi connectivity index (χ2v) is 5.85. The molecule has 1 fully saturated rings. The minimum Gasteiger partial charge on any atom is -0.370 e. The lowest BCUT2D eigenvalue weighted by atomic mass is 10.1. The molecule has 1 saturated heterocycles. The highest BCUT2D eigenvalue weighted by molar-refractivity contribution is 7.99. The van der Waals surface area contributed by atoms with Crippen LogP contribution < -0.4 is 0 Å². The second-order valence-electron chi connectivity index (χ2n) is 4.77. The molecule has 0 radical (unpaired) electrons. The summed E-state index contributed by atoms with van der Waals surface area (Å²) in [5.41, 5.74) is 1.31. The van der Waals surface area contributed by atoms with Crippen LogP contribution in [-0.4, -0.2) is 21.8 Å². The van der Waals surface area contributed by atoms with Gasteiger partial charge in [-0.15, -0.1) is 0 Å². The third kappa shape index (κ3) is 3.39. The molecular formula is C15H18N2OS. The van der Waals surface area contributed by atoms with Crippen LogP contribution >= 0.6 is 11.8 Å². The standard InChI is InChI=1S/C15H18N2OS/c1-2-4-12(5-3-1)14-7-6-13(18-14)8-11-19-15-16-9-10-17-15/h1-5,9-10,13-14H,6-8,11H2,(H,16,17). The molecule has 2 unspecified atom stereocenters. The molecule has 2 atom stereocenters. The Morgan fingerprint density at radius 2 is 2.16 bits per heavy atom. The van der Waals surface area contributed by atoms with Crippen molar-refractivity contribution >= 4 is 11.8 Å². The van der Waals surface area contributed by atoms with Crippen molar-refractivity contribution in [3.63, 3.8) is 0 Å². The Balaban J connectivity index is 1.44. The van der Waals surface area contributed by atoms with Crippen LogP contribution in [0.3, 0.4) is 0 Å². The molecule has 2 aromatic rings. The zero-order chi connectivity index (χ0) is 12.9. The molecule has 0 spiro atoms. The third-order valence-corrected chi connectivity index (χ3v) is 4.37. The first kappa shape index (κ1) is 12.8. The highest BCUT2D eigenvalue weighted by Gasteiger charge is 2.25. The molecule has 4 heteroatoms. The fraction of sp³-hybridized carbons (Fsp3) is 0.400. The molecule has 19 heavy (non-hydrogen) atoms. The molecule has 1 aromatic carbocycles. The Morgan fingerprint density at radius 1 is 1.26 bits per heavy atom. The van der Waals surface area contributed by atoms with E-state index in [2.05, 4.69) is 40.3 Å². The van der Waals surface area contributed by atoms with E-state index in [-0.39, 0.29) is 0 Å². The van der Waals surface area contributed by atoms with Crippen LogP contribution in [0.5, 0.6) is 0 Å². The quantitative estimate of drug-likeness (QED) is 0.842. The third-order valence-electron chi connectivity index (χ3n) is 3.43. The van der Waals surface area contributed by atoms with E-state index in [1.807, 2.05) is 6.20 Å². The van der Waals surface area contributed by atoms with Crippen LogP contribution in [0, 0.1) is 0 Å². The van der Waals surface area contributed by atoms with Gasteiger partial charge in [-0.2, -0.15) is 0 Å². The summed E-state index contributed by atoms with van der Waals surface area (Å²) in [6.45, 7) is 0. The van der Waals surface area contributed by atoms with Gasteiger partial charge in [0.2, 0.25) is 0 Å². The van der Waals surface area contributed by atoms with Crippen LogP contribution in [-0.2, 0) is 4.74 Å². The SMILES string of the molecule is c1ccc(C2CCC(CCSc3ncc[nH]3)O2)cc1. The van der Waals surface area contributed by atoms with Gasteiger partial charge in [0.1, 0.15) is 0 Å². The summed E-state index contributed by atoms with van der Waals surface area (Å²) in [4.78, 5) is 7.32. The van der Waals surface area contributed by atoms with E-state index in [1.165, 1.54) is 5.56 Å². The van der Waals surface area contributed by atoms with Crippen LogP contribution in [0.25, 0.3) is 0 Å². The van der Waals surface area contributed by atoms with Crippen molar-refractivity contribution in [2.75, 3.05) is 5.75 Å². The summed E-state index contributed by atoms with van der Waals surface area (Å²) in [5, 5.41) is 0.998. The lowest BCUT2D eigenvalue weighted by Crippen LogP contribution is -2.07. The van der Waals surface area contributed by atoms with Crippen LogP contribution in [0.4, 0.5) is 0 Å². The molecule has 100 valence electrons. The first-order valence-electron chi connectivity index (χ1n) is 6.74. The number of nitrogens with one attached hydrogen (secondary N) is 1. The molecule has 1 N–H and O–H groups in total. The van der Waals surface area contributed by atoms with Gasteiger partial charge in [0.15, 0.2) is 5.16 Å².